The van der Waals surface area contributed by atoms with Gasteiger partial charge in [-0.25, -0.2) is 0 Å². The van der Waals surface area contributed by atoms with Gasteiger partial charge in [0.15, 0.2) is 0 Å². The lowest BCUT2D eigenvalue weighted by Crippen LogP contribution is -2.14. The van der Waals surface area contributed by atoms with Crippen molar-refractivity contribution in [3.8, 4) is 0 Å². The first-order valence-electron chi connectivity index (χ1n) is 4.67. The van der Waals surface area contributed by atoms with Crippen LogP contribution in [-0.4, -0.2) is 11.9 Å². The molecule has 0 radical (unpaired) electrons. The molecule has 3 nitrogen and oxygen atoms in total. The highest BCUT2D eigenvalue weighted by atomic mass is 16.1. The van der Waals surface area contributed by atoms with Crippen LogP contribution in [0.15, 0.2) is 18.2 Å². The van der Waals surface area contributed by atoms with Gasteiger partial charge in [-0.05, 0) is 44.5 Å². The van der Waals surface area contributed by atoms with Crippen LogP contribution in [0, 0.1) is 6.92 Å². The van der Waals surface area contributed by atoms with E-state index < -0.39 is 0 Å². The van der Waals surface area contributed by atoms with E-state index in [0.29, 0.717) is 11.6 Å². The zero-order chi connectivity index (χ0) is 10.7. The lowest BCUT2D eigenvalue weighted by Gasteiger charge is -2.11. The van der Waals surface area contributed by atoms with E-state index >= 15 is 0 Å². The van der Waals surface area contributed by atoms with Gasteiger partial charge in [-0.1, -0.05) is 0 Å². The van der Waals surface area contributed by atoms with Crippen molar-refractivity contribution in [2.75, 3.05) is 5.32 Å². The SMILES string of the molecule is Cc1cc(NC(C)C)ccc1C(N)=O. The van der Waals surface area contributed by atoms with E-state index in [2.05, 4.69) is 19.2 Å². The number of primary amides is 1. The molecular formula is C11H16N2O. The lowest BCUT2D eigenvalue weighted by atomic mass is 10.1. The van der Waals surface area contributed by atoms with Crippen LogP contribution in [0.4, 0.5) is 5.69 Å². The highest BCUT2D eigenvalue weighted by Crippen LogP contribution is 2.15. The Morgan fingerprint density at radius 3 is 2.50 bits per heavy atom. The smallest absolute Gasteiger partial charge is 0.248 e. The molecule has 0 saturated heterocycles. The molecule has 1 rings (SSSR count). The number of carbonyl (C=O) groups excluding carboxylic acids is 1. The predicted octanol–water partition coefficient (Wildman–Crippen LogP) is 1.91. The van der Waals surface area contributed by atoms with E-state index in [9.17, 15) is 4.79 Å². The van der Waals surface area contributed by atoms with Crippen LogP contribution < -0.4 is 11.1 Å². The molecule has 0 heterocycles. The van der Waals surface area contributed by atoms with E-state index in [0.717, 1.165) is 11.3 Å². The third-order valence-electron chi connectivity index (χ3n) is 1.95. The maximum absolute atomic E-state index is 11.0. The number of nitrogens with one attached hydrogen (secondary N) is 1. The van der Waals surface area contributed by atoms with Crippen LogP contribution in [0.25, 0.3) is 0 Å². The molecule has 0 fully saturated rings. The standard InChI is InChI=1S/C11H16N2O/c1-7(2)13-9-4-5-10(11(12)14)8(3)6-9/h4-7,13H,1-3H3,(H2,12,14). The van der Waals surface area contributed by atoms with Crippen LogP contribution in [0.3, 0.4) is 0 Å². The summed E-state index contributed by atoms with van der Waals surface area (Å²) in [6, 6.07) is 5.93. The Morgan fingerprint density at radius 2 is 2.07 bits per heavy atom. The molecule has 0 aliphatic heterocycles. The molecule has 0 spiro atoms. The molecule has 0 unspecified atom stereocenters. The van der Waals surface area contributed by atoms with Gasteiger partial charge in [-0.15, -0.1) is 0 Å². The van der Waals surface area contributed by atoms with Gasteiger partial charge in [0, 0.05) is 17.3 Å². The van der Waals surface area contributed by atoms with Gasteiger partial charge >= 0.3 is 0 Å². The molecule has 14 heavy (non-hydrogen) atoms. The highest BCUT2D eigenvalue weighted by Gasteiger charge is 2.05. The summed E-state index contributed by atoms with van der Waals surface area (Å²) in [6.45, 7) is 6.01. The average molecular weight is 192 g/mol. The Hall–Kier alpha value is -1.51. The first-order chi connectivity index (χ1) is 6.50. The monoisotopic (exact) mass is 192 g/mol. The highest BCUT2D eigenvalue weighted by molar-refractivity contribution is 5.94. The molecule has 0 bridgehead atoms. The van der Waals surface area contributed by atoms with Crippen molar-refractivity contribution in [3.63, 3.8) is 0 Å². The van der Waals surface area contributed by atoms with Crippen molar-refractivity contribution in [1.29, 1.82) is 0 Å². The van der Waals surface area contributed by atoms with Crippen LogP contribution in [0.1, 0.15) is 29.8 Å². The number of carbonyl (C=O) groups is 1. The van der Waals surface area contributed by atoms with Crippen molar-refractivity contribution in [2.45, 2.75) is 26.8 Å². The molecule has 0 saturated carbocycles. The zero-order valence-corrected chi connectivity index (χ0v) is 8.79. The Kier molecular flexibility index (Phi) is 3.12. The van der Waals surface area contributed by atoms with Crippen molar-refractivity contribution in [3.05, 3.63) is 29.3 Å². The second-order valence-electron chi connectivity index (χ2n) is 3.69. The Morgan fingerprint density at radius 1 is 1.43 bits per heavy atom. The molecule has 0 aliphatic rings. The third-order valence-corrected chi connectivity index (χ3v) is 1.95. The summed E-state index contributed by atoms with van der Waals surface area (Å²) in [7, 11) is 0. The molecule has 3 heteroatoms. The summed E-state index contributed by atoms with van der Waals surface area (Å²) >= 11 is 0. The van der Waals surface area contributed by atoms with E-state index in [4.69, 9.17) is 5.73 Å². The second-order valence-corrected chi connectivity index (χ2v) is 3.69. The minimum absolute atomic E-state index is 0.376. The largest absolute Gasteiger partial charge is 0.383 e. The van der Waals surface area contributed by atoms with E-state index in [-0.39, 0.29) is 5.91 Å². The Balaban J connectivity index is 2.94. The summed E-state index contributed by atoms with van der Waals surface area (Å²) in [5.41, 5.74) is 7.71. The maximum atomic E-state index is 11.0. The van der Waals surface area contributed by atoms with Crippen LogP contribution in [0.2, 0.25) is 0 Å². The maximum Gasteiger partial charge on any atom is 0.248 e. The summed E-state index contributed by atoms with van der Waals surface area (Å²) in [6.07, 6.45) is 0. The number of rotatable bonds is 3. The Bertz CT molecular complexity index is 345. The minimum atomic E-state index is -0.376. The van der Waals surface area contributed by atoms with Crippen molar-refractivity contribution < 1.29 is 4.79 Å². The van der Waals surface area contributed by atoms with Gasteiger partial charge in [0.1, 0.15) is 0 Å². The number of hydrogen-bond acceptors (Lipinski definition) is 2. The molecule has 1 aromatic carbocycles. The molecule has 1 aromatic rings. The molecular weight excluding hydrogens is 176 g/mol. The topological polar surface area (TPSA) is 55.1 Å². The first kappa shape index (κ1) is 10.6. The summed E-state index contributed by atoms with van der Waals surface area (Å²) in [5, 5.41) is 3.26. The summed E-state index contributed by atoms with van der Waals surface area (Å²) < 4.78 is 0. The quantitative estimate of drug-likeness (QED) is 0.768. The number of nitrogens with two attached hydrogens (primary N) is 1. The van der Waals surface area contributed by atoms with Gasteiger partial charge in [0.05, 0.1) is 0 Å². The number of amides is 1. The van der Waals surface area contributed by atoms with Gasteiger partial charge in [0.25, 0.3) is 0 Å². The van der Waals surface area contributed by atoms with Crippen molar-refractivity contribution in [1.82, 2.24) is 0 Å². The van der Waals surface area contributed by atoms with Crippen molar-refractivity contribution in [2.24, 2.45) is 5.73 Å². The number of aryl methyl sites for hydroxylation is 1. The lowest BCUT2D eigenvalue weighted by molar-refractivity contribution is 0.1000. The van der Waals surface area contributed by atoms with Crippen molar-refractivity contribution >= 4 is 11.6 Å². The minimum Gasteiger partial charge on any atom is -0.383 e. The normalized spacial score (nSPS) is 10.3. The molecule has 76 valence electrons. The van der Waals surface area contributed by atoms with E-state index in [1.807, 2.05) is 19.1 Å². The Labute approximate surface area is 84.3 Å². The third kappa shape index (κ3) is 2.49. The van der Waals surface area contributed by atoms with E-state index in [1.165, 1.54) is 0 Å². The number of anilines is 1. The second kappa shape index (κ2) is 4.13. The molecule has 3 N–H and O–H groups in total. The van der Waals surface area contributed by atoms with Gasteiger partial charge in [-0.2, -0.15) is 0 Å². The molecule has 0 atom stereocenters. The van der Waals surface area contributed by atoms with Crippen LogP contribution >= 0.6 is 0 Å². The fourth-order valence-corrected chi connectivity index (χ4v) is 1.36. The van der Waals surface area contributed by atoms with E-state index in [1.54, 1.807) is 6.07 Å². The molecule has 0 aromatic heterocycles. The number of benzene rings is 1. The van der Waals surface area contributed by atoms with Crippen LogP contribution in [0.5, 0.6) is 0 Å². The fraction of sp³-hybridized carbons (Fsp3) is 0.364. The van der Waals surface area contributed by atoms with Gasteiger partial charge < -0.3 is 11.1 Å². The van der Waals surface area contributed by atoms with Gasteiger partial charge in [-0.3, -0.25) is 4.79 Å². The predicted molar refractivity (Wildman–Crippen MR) is 58.5 cm³/mol. The van der Waals surface area contributed by atoms with Crippen LogP contribution in [-0.2, 0) is 0 Å². The molecule has 1 amide bonds. The zero-order valence-electron chi connectivity index (χ0n) is 8.79. The molecule has 0 aliphatic carbocycles. The first-order valence-corrected chi connectivity index (χ1v) is 4.67. The fourth-order valence-electron chi connectivity index (χ4n) is 1.36. The summed E-state index contributed by atoms with van der Waals surface area (Å²) in [4.78, 5) is 11.0. The average Bonchev–Trinajstić information content (AvgIpc) is 2.01. The summed E-state index contributed by atoms with van der Waals surface area (Å²) in [5.74, 6) is -0.376. The van der Waals surface area contributed by atoms with Gasteiger partial charge in [0.2, 0.25) is 5.91 Å². The number of hydrogen-bond donors (Lipinski definition) is 2.